The average molecular weight is 301 g/mol. The fourth-order valence-corrected chi connectivity index (χ4v) is 3.16. The van der Waals surface area contributed by atoms with Gasteiger partial charge in [-0.05, 0) is 68.1 Å². The van der Waals surface area contributed by atoms with E-state index in [1.165, 1.54) is 18.2 Å². The molecule has 2 rings (SSSR count). The molecule has 1 aromatic carbocycles. The third kappa shape index (κ3) is 4.80. The predicted molar refractivity (Wildman–Crippen MR) is 84.2 cm³/mol. The summed E-state index contributed by atoms with van der Waals surface area (Å²) in [6, 6.07) is 6.25. The van der Waals surface area contributed by atoms with Crippen molar-refractivity contribution in [3.63, 3.8) is 0 Å². The molecule has 1 nitrogen and oxygen atoms in total. The van der Waals surface area contributed by atoms with E-state index in [-0.39, 0.29) is 0 Å². The highest BCUT2D eigenvalue weighted by Crippen LogP contribution is 2.37. The lowest BCUT2D eigenvalue weighted by Gasteiger charge is -2.28. The third-order valence-electron chi connectivity index (χ3n) is 4.42. The smallest absolute Gasteiger partial charge is 0.159 e. The molecule has 1 fully saturated rings. The Morgan fingerprint density at radius 3 is 2.55 bits per heavy atom. The van der Waals surface area contributed by atoms with E-state index < -0.39 is 11.6 Å². The van der Waals surface area contributed by atoms with Crippen LogP contribution in [0.2, 0.25) is 0 Å². The highest BCUT2D eigenvalue weighted by molar-refractivity contribution is 5.22. The number of rotatable bonds is 5. The van der Waals surface area contributed by atoms with Gasteiger partial charge in [0.1, 0.15) is 0 Å². The molecule has 0 unspecified atom stereocenters. The third-order valence-corrected chi connectivity index (χ3v) is 4.42. The molecular formula is C19H21F2N. The number of halogens is 2. The van der Waals surface area contributed by atoms with Crippen molar-refractivity contribution in [3.8, 4) is 6.07 Å². The fourth-order valence-electron chi connectivity index (χ4n) is 3.16. The minimum absolute atomic E-state index is 0.362. The number of hydrogen-bond donors (Lipinski definition) is 0. The highest BCUT2D eigenvalue weighted by Gasteiger charge is 2.22. The normalized spacial score (nSPS) is 22.2. The summed E-state index contributed by atoms with van der Waals surface area (Å²) in [5.74, 6) is -0.434. The van der Waals surface area contributed by atoms with Crippen LogP contribution in [-0.4, -0.2) is 0 Å². The molecule has 1 aromatic rings. The number of nitrogens with zero attached hydrogens (tertiary/aromatic N) is 1. The lowest BCUT2D eigenvalue weighted by Crippen LogP contribution is -2.13. The first-order valence-electron chi connectivity index (χ1n) is 7.87. The molecule has 1 aliphatic carbocycles. The zero-order valence-electron chi connectivity index (χ0n) is 12.6. The van der Waals surface area contributed by atoms with Crippen LogP contribution in [0.4, 0.5) is 8.78 Å². The van der Waals surface area contributed by atoms with Gasteiger partial charge in [0, 0.05) is 6.08 Å². The molecule has 0 amide bonds. The van der Waals surface area contributed by atoms with E-state index in [9.17, 15) is 8.78 Å². The SMILES string of the molecule is N#C/C=C/C=C/CC[C@H]1CC[C@H](c2ccc(F)c(F)c2)CC1. The molecule has 22 heavy (non-hydrogen) atoms. The maximum Gasteiger partial charge on any atom is 0.159 e. The molecule has 0 bridgehead atoms. The first-order valence-corrected chi connectivity index (χ1v) is 7.87. The molecule has 0 radical (unpaired) electrons. The topological polar surface area (TPSA) is 23.8 Å². The quantitative estimate of drug-likeness (QED) is 0.509. The van der Waals surface area contributed by atoms with Crippen LogP contribution in [-0.2, 0) is 0 Å². The molecule has 0 atom stereocenters. The van der Waals surface area contributed by atoms with Crippen molar-refractivity contribution in [2.45, 2.75) is 44.4 Å². The molecule has 0 spiro atoms. The lowest BCUT2D eigenvalue weighted by atomic mass is 9.77. The molecule has 0 N–H and O–H groups in total. The zero-order valence-corrected chi connectivity index (χ0v) is 12.6. The molecule has 0 aliphatic heterocycles. The zero-order chi connectivity index (χ0) is 15.8. The van der Waals surface area contributed by atoms with Gasteiger partial charge in [0.25, 0.3) is 0 Å². The minimum Gasteiger partial charge on any atom is -0.204 e. The van der Waals surface area contributed by atoms with Gasteiger partial charge in [-0.3, -0.25) is 0 Å². The second-order valence-electron chi connectivity index (χ2n) is 5.88. The van der Waals surface area contributed by atoms with Gasteiger partial charge in [0.15, 0.2) is 11.6 Å². The molecule has 3 heteroatoms. The van der Waals surface area contributed by atoms with E-state index in [0.29, 0.717) is 11.8 Å². The van der Waals surface area contributed by atoms with Gasteiger partial charge in [-0.15, -0.1) is 0 Å². The van der Waals surface area contributed by atoms with Crippen molar-refractivity contribution < 1.29 is 8.78 Å². The van der Waals surface area contributed by atoms with Crippen LogP contribution < -0.4 is 0 Å². The average Bonchev–Trinajstić information content (AvgIpc) is 2.54. The van der Waals surface area contributed by atoms with Gasteiger partial charge in [0.05, 0.1) is 6.07 Å². The number of nitriles is 1. The second-order valence-corrected chi connectivity index (χ2v) is 5.88. The van der Waals surface area contributed by atoms with Crippen molar-refractivity contribution in [1.82, 2.24) is 0 Å². The van der Waals surface area contributed by atoms with E-state index in [1.54, 1.807) is 12.1 Å². The van der Waals surface area contributed by atoms with E-state index in [1.807, 2.05) is 12.1 Å². The van der Waals surface area contributed by atoms with Gasteiger partial charge >= 0.3 is 0 Å². The van der Waals surface area contributed by atoms with Gasteiger partial charge in [-0.1, -0.05) is 24.3 Å². The van der Waals surface area contributed by atoms with Crippen molar-refractivity contribution in [2.24, 2.45) is 5.92 Å². The Hall–Kier alpha value is -1.95. The van der Waals surface area contributed by atoms with Crippen molar-refractivity contribution >= 4 is 0 Å². The van der Waals surface area contributed by atoms with Crippen LogP contribution in [0, 0.1) is 28.9 Å². The summed E-state index contributed by atoms with van der Waals surface area (Å²) in [5, 5.41) is 8.36. The Bertz CT molecular complexity index is 576. The maximum atomic E-state index is 13.3. The van der Waals surface area contributed by atoms with Gasteiger partial charge < -0.3 is 0 Å². The molecule has 0 saturated heterocycles. The predicted octanol–water partition coefficient (Wildman–Crippen LogP) is 5.65. The Kier molecular flexibility index (Phi) is 6.33. The molecular weight excluding hydrogens is 280 g/mol. The van der Waals surface area contributed by atoms with Crippen LogP contribution in [0.15, 0.2) is 42.5 Å². The van der Waals surface area contributed by atoms with Crippen LogP contribution in [0.25, 0.3) is 0 Å². The summed E-state index contributed by atoms with van der Waals surface area (Å²) >= 11 is 0. The van der Waals surface area contributed by atoms with Gasteiger partial charge in [0.2, 0.25) is 0 Å². The van der Waals surface area contributed by atoms with Crippen molar-refractivity contribution in [3.05, 3.63) is 59.7 Å². The Morgan fingerprint density at radius 2 is 1.86 bits per heavy atom. The van der Waals surface area contributed by atoms with Crippen LogP contribution in [0.1, 0.15) is 50.0 Å². The number of benzene rings is 1. The summed E-state index contributed by atoms with van der Waals surface area (Å²) < 4.78 is 26.3. The van der Waals surface area contributed by atoms with E-state index in [4.69, 9.17) is 5.26 Å². The minimum atomic E-state index is -0.769. The van der Waals surface area contributed by atoms with E-state index in [0.717, 1.165) is 44.1 Å². The van der Waals surface area contributed by atoms with Crippen molar-refractivity contribution in [2.75, 3.05) is 0 Å². The summed E-state index contributed by atoms with van der Waals surface area (Å²) in [6.07, 6.45) is 13.8. The van der Waals surface area contributed by atoms with Gasteiger partial charge in [-0.25, -0.2) is 8.78 Å². The van der Waals surface area contributed by atoms with E-state index in [2.05, 4.69) is 6.08 Å². The Labute approximate surface area is 131 Å². The first-order chi connectivity index (χ1) is 10.7. The summed E-state index contributed by atoms with van der Waals surface area (Å²) in [6.45, 7) is 0. The summed E-state index contributed by atoms with van der Waals surface area (Å²) in [7, 11) is 0. The number of hydrogen-bond acceptors (Lipinski definition) is 1. The van der Waals surface area contributed by atoms with Gasteiger partial charge in [-0.2, -0.15) is 5.26 Å². The van der Waals surface area contributed by atoms with Crippen LogP contribution in [0.3, 0.4) is 0 Å². The highest BCUT2D eigenvalue weighted by atomic mass is 19.2. The molecule has 116 valence electrons. The molecule has 1 saturated carbocycles. The van der Waals surface area contributed by atoms with E-state index >= 15 is 0 Å². The standard InChI is InChI=1S/C19H21F2N/c20-18-12-11-17(14-19(18)21)16-9-7-15(8-10-16)6-4-2-1-3-5-13-22/h1-3,5,11-12,14-16H,4,6-10H2/b2-1+,5-3+/t15-,16-. The molecule has 0 aromatic heterocycles. The Balaban J connectivity index is 1.76. The maximum absolute atomic E-state index is 13.3. The second kappa shape index (κ2) is 8.48. The monoisotopic (exact) mass is 301 g/mol. The first kappa shape index (κ1) is 16.4. The van der Waals surface area contributed by atoms with Crippen LogP contribution in [0.5, 0.6) is 0 Å². The summed E-state index contributed by atoms with van der Waals surface area (Å²) in [4.78, 5) is 0. The fraction of sp³-hybridized carbons (Fsp3) is 0.421. The lowest BCUT2D eigenvalue weighted by molar-refractivity contribution is 0.311. The number of allylic oxidation sites excluding steroid dienone is 4. The van der Waals surface area contributed by atoms with Crippen molar-refractivity contribution in [1.29, 1.82) is 5.26 Å². The Morgan fingerprint density at radius 1 is 1.09 bits per heavy atom. The largest absolute Gasteiger partial charge is 0.204 e. The molecule has 1 aliphatic rings. The van der Waals surface area contributed by atoms with Crippen LogP contribution >= 0.6 is 0 Å². The summed E-state index contributed by atoms with van der Waals surface area (Å²) in [5.41, 5.74) is 0.930. The molecule has 0 heterocycles.